The van der Waals surface area contributed by atoms with Crippen LogP contribution in [0.3, 0.4) is 0 Å². The highest BCUT2D eigenvalue weighted by atomic mass is 127. The molecule has 0 aromatic heterocycles. The number of amides is 2. The van der Waals surface area contributed by atoms with Crippen LogP contribution < -0.4 is 10.6 Å². The van der Waals surface area contributed by atoms with Crippen LogP contribution in [0.15, 0.2) is 18.2 Å². The Morgan fingerprint density at radius 3 is 2.50 bits per heavy atom. The van der Waals surface area contributed by atoms with Gasteiger partial charge in [0.25, 0.3) is 0 Å². The molecular weight excluding hydrogens is 336 g/mol. The van der Waals surface area contributed by atoms with Crippen LogP contribution in [0.25, 0.3) is 0 Å². The number of nitrogens with one attached hydrogen (secondary N) is 2. The van der Waals surface area contributed by atoms with Gasteiger partial charge in [-0.15, -0.1) is 0 Å². The van der Waals surface area contributed by atoms with Crippen molar-refractivity contribution >= 4 is 34.3 Å². The summed E-state index contributed by atoms with van der Waals surface area (Å²) in [5, 5.41) is 2.98. The highest BCUT2D eigenvalue weighted by Crippen LogP contribution is 2.18. The number of rotatable bonds is 1. The van der Waals surface area contributed by atoms with Crippen molar-refractivity contribution in [2.75, 3.05) is 5.32 Å². The number of halogens is 4. The first kappa shape index (κ1) is 13.1. The molecule has 0 bridgehead atoms. The van der Waals surface area contributed by atoms with Crippen LogP contribution in [0.5, 0.6) is 0 Å². The third-order valence-electron chi connectivity index (χ3n) is 1.69. The molecule has 0 aliphatic rings. The maximum atomic E-state index is 11.8. The Kier molecular flexibility index (Phi) is 4.00. The van der Waals surface area contributed by atoms with Crippen molar-refractivity contribution in [1.29, 1.82) is 0 Å². The Morgan fingerprint density at radius 1 is 1.38 bits per heavy atom. The first-order valence-electron chi connectivity index (χ1n) is 4.20. The average molecular weight is 344 g/mol. The molecule has 88 valence electrons. The monoisotopic (exact) mass is 344 g/mol. The van der Waals surface area contributed by atoms with Gasteiger partial charge in [0.15, 0.2) is 0 Å². The molecular formula is C9H8F3IN2O. The Bertz CT molecular complexity index is 406. The lowest BCUT2D eigenvalue weighted by Crippen LogP contribution is -2.40. The van der Waals surface area contributed by atoms with E-state index in [1.807, 2.05) is 0 Å². The minimum Gasteiger partial charge on any atom is -0.308 e. The number of alkyl halides is 3. The summed E-state index contributed by atoms with van der Waals surface area (Å²) in [6.07, 6.45) is -4.72. The van der Waals surface area contributed by atoms with E-state index in [1.165, 1.54) is 0 Å². The van der Waals surface area contributed by atoms with E-state index in [0.29, 0.717) is 11.3 Å². The van der Waals surface area contributed by atoms with Crippen LogP contribution >= 0.6 is 22.6 Å². The topological polar surface area (TPSA) is 41.1 Å². The number of hydrogen-bond donors (Lipinski definition) is 2. The quantitative estimate of drug-likeness (QED) is 0.596. The molecule has 0 spiro atoms. The number of urea groups is 1. The van der Waals surface area contributed by atoms with Crippen LogP contribution in [0.4, 0.5) is 23.7 Å². The Labute approximate surface area is 104 Å². The van der Waals surface area contributed by atoms with E-state index in [0.717, 1.165) is 8.89 Å². The lowest BCUT2D eigenvalue weighted by Gasteiger charge is -2.11. The Hall–Kier alpha value is -0.990. The molecule has 0 atom stereocenters. The second-order valence-electron chi connectivity index (χ2n) is 3.04. The van der Waals surface area contributed by atoms with Gasteiger partial charge in [-0.2, -0.15) is 13.2 Å². The first-order chi connectivity index (χ1) is 7.28. The highest BCUT2D eigenvalue weighted by Gasteiger charge is 2.30. The van der Waals surface area contributed by atoms with Crippen molar-refractivity contribution in [3.8, 4) is 0 Å². The van der Waals surface area contributed by atoms with Crippen LogP contribution in [-0.4, -0.2) is 12.3 Å². The van der Waals surface area contributed by atoms with E-state index < -0.39 is 12.3 Å². The second-order valence-corrected chi connectivity index (χ2v) is 4.28. The number of benzene rings is 1. The van der Waals surface area contributed by atoms with Gasteiger partial charge in [0.1, 0.15) is 0 Å². The molecule has 0 radical (unpaired) electrons. The maximum Gasteiger partial charge on any atom is 0.485 e. The lowest BCUT2D eigenvalue weighted by molar-refractivity contribution is -0.144. The molecule has 0 saturated heterocycles. The summed E-state index contributed by atoms with van der Waals surface area (Å²) in [6, 6.07) is 3.70. The van der Waals surface area contributed by atoms with E-state index in [-0.39, 0.29) is 0 Å². The van der Waals surface area contributed by atoms with Crippen molar-refractivity contribution in [1.82, 2.24) is 5.32 Å². The summed E-state index contributed by atoms with van der Waals surface area (Å²) in [4.78, 5) is 10.9. The molecule has 3 nitrogen and oxygen atoms in total. The van der Waals surface area contributed by atoms with E-state index in [9.17, 15) is 18.0 Å². The number of carbonyl (C=O) groups excluding carboxylic acids is 1. The molecule has 2 N–H and O–H groups in total. The molecule has 0 unspecified atom stereocenters. The first-order valence-corrected chi connectivity index (χ1v) is 5.28. The average Bonchev–Trinajstić information content (AvgIpc) is 2.06. The molecule has 7 heteroatoms. The van der Waals surface area contributed by atoms with E-state index in [2.05, 4.69) is 27.9 Å². The SMILES string of the molecule is Cc1cc(I)ccc1NC(=O)NC(F)(F)F. The smallest absolute Gasteiger partial charge is 0.308 e. The van der Waals surface area contributed by atoms with Gasteiger partial charge in [-0.3, -0.25) is 0 Å². The van der Waals surface area contributed by atoms with Gasteiger partial charge in [-0.25, -0.2) is 10.1 Å². The van der Waals surface area contributed by atoms with E-state index in [1.54, 1.807) is 25.1 Å². The maximum absolute atomic E-state index is 11.8. The fourth-order valence-corrected chi connectivity index (χ4v) is 1.70. The molecule has 1 aromatic rings. The molecule has 1 aromatic carbocycles. The number of hydrogen-bond acceptors (Lipinski definition) is 1. The minimum atomic E-state index is -4.72. The van der Waals surface area contributed by atoms with Crippen molar-refractivity contribution in [2.45, 2.75) is 13.2 Å². The van der Waals surface area contributed by atoms with Crippen LogP contribution in [0.1, 0.15) is 5.56 Å². The second kappa shape index (κ2) is 4.89. The molecule has 0 saturated carbocycles. The third kappa shape index (κ3) is 4.25. The largest absolute Gasteiger partial charge is 0.485 e. The molecule has 0 aliphatic heterocycles. The predicted octanol–water partition coefficient (Wildman–Crippen LogP) is 3.24. The molecule has 1 rings (SSSR count). The number of carbonyl (C=O) groups is 1. The fraction of sp³-hybridized carbons (Fsp3) is 0.222. The summed E-state index contributed by atoms with van der Waals surface area (Å²) in [7, 11) is 0. The zero-order valence-corrected chi connectivity index (χ0v) is 10.3. The van der Waals surface area contributed by atoms with Gasteiger partial charge >= 0.3 is 12.3 Å². The Balaban J connectivity index is 2.70. The van der Waals surface area contributed by atoms with Crippen molar-refractivity contribution in [3.05, 3.63) is 27.3 Å². The van der Waals surface area contributed by atoms with Crippen molar-refractivity contribution in [2.24, 2.45) is 0 Å². The summed E-state index contributed by atoms with van der Waals surface area (Å²) < 4.78 is 36.3. The van der Waals surface area contributed by atoms with Gasteiger partial charge in [-0.05, 0) is 53.3 Å². The van der Waals surface area contributed by atoms with Gasteiger partial charge in [0.05, 0.1) is 0 Å². The van der Waals surface area contributed by atoms with E-state index >= 15 is 0 Å². The van der Waals surface area contributed by atoms with E-state index in [4.69, 9.17) is 0 Å². The molecule has 0 heterocycles. The summed E-state index contributed by atoms with van der Waals surface area (Å²) >= 11 is 2.07. The number of anilines is 1. The summed E-state index contributed by atoms with van der Waals surface area (Å²) in [5.74, 6) is 0. The van der Waals surface area contributed by atoms with Crippen molar-refractivity contribution in [3.63, 3.8) is 0 Å². The predicted molar refractivity (Wildman–Crippen MR) is 62.1 cm³/mol. The zero-order chi connectivity index (χ0) is 12.3. The van der Waals surface area contributed by atoms with Gasteiger partial charge in [0.2, 0.25) is 0 Å². The minimum absolute atomic E-state index is 0.349. The summed E-state index contributed by atoms with van der Waals surface area (Å²) in [6.45, 7) is 1.70. The highest BCUT2D eigenvalue weighted by molar-refractivity contribution is 14.1. The third-order valence-corrected chi connectivity index (χ3v) is 2.36. The molecule has 2 amide bonds. The van der Waals surface area contributed by atoms with Crippen LogP contribution in [0.2, 0.25) is 0 Å². The van der Waals surface area contributed by atoms with Gasteiger partial charge < -0.3 is 5.32 Å². The fourth-order valence-electron chi connectivity index (χ4n) is 1.05. The standard InChI is InChI=1S/C9H8F3IN2O/c1-5-4-6(13)2-3-7(5)14-8(16)15-9(10,11)12/h2-4H,1H3,(H2,14,15,16). The summed E-state index contributed by atoms with van der Waals surface area (Å²) in [5.41, 5.74) is 1.05. The number of aryl methyl sites for hydroxylation is 1. The molecule has 16 heavy (non-hydrogen) atoms. The molecule has 0 aliphatic carbocycles. The lowest BCUT2D eigenvalue weighted by atomic mass is 10.2. The van der Waals surface area contributed by atoms with Gasteiger partial charge in [0, 0.05) is 9.26 Å². The zero-order valence-electron chi connectivity index (χ0n) is 8.15. The van der Waals surface area contributed by atoms with Gasteiger partial charge in [-0.1, -0.05) is 0 Å². The van der Waals surface area contributed by atoms with Crippen molar-refractivity contribution < 1.29 is 18.0 Å². The normalized spacial score (nSPS) is 11.1. The van der Waals surface area contributed by atoms with Crippen LogP contribution in [0, 0.1) is 10.5 Å². The van der Waals surface area contributed by atoms with Crippen LogP contribution in [-0.2, 0) is 0 Å². The molecule has 0 fully saturated rings. The Morgan fingerprint density at radius 2 is 2.00 bits per heavy atom.